The minimum absolute atomic E-state index is 1.72. The summed E-state index contributed by atoms with van der Waals surface area (Å²) in [6.45, 7) is -5.23. The summed E-state index contributed by atoms with van der Waals surface area (Å²) in [4.78, 5) is 0. The molecular weight excluding hydrogens is 417 g/mol. The largest absolute Gasteiger partial charge is 0.425 e. The van der Waals surface area contributed by atoms with Crippen LogP contribution in [0.15, 0.2) is 13.5 Å². The van der Waals surface area contributed by atoms with Crippen molar-refractivity contribution in [2.45, 2.75) is 17.8 Å². The highest BCUT2D eigenvalue weighted by molar-refractivity contribution is 7.77. The van der Waals surface area contributed by atoms with Crippen molar-refractivity contribution in [3.05, 3.63) is 0 Å². The zero-order chi connectivity index (χ0) is 17.9. The SMILES string of the molecule is FC1(F)COP2(=NP(F)(F)=NP(F)(F)=N2)OCC(F)(F)C1(F)F. The highest BCUT2D eigenvalue weighted by Gasteiger charge is 2.73. The lowest BCUT2D eigenvalue weighted by Crippen LogP contribution is -2.58. The lowest BCUT2D eigenvalue weighted by molar-refractivity contribution is -0.325. The number of halogens is 10. The van der Waals surface area contributed by atoms with Crippen LogP contribution in [0, 0.1) is 0 Å². The fraction of sp³-hybridized carbons (Fsp3) is 1.00. The fourth-order valence-corrected chi connectivity index (χ4v) is 7.54. The molecule has 136 valence electrons. The molecule has 2 heterocycles. The van der Waals surface area contributed by atoms with E-state index in [-0.39, 0.29) is 0 Å². The molecule has 0 bridgehead atoms. The fourth-order valence-electron chi connectivity index (χ4n) is 1.37. The lowest BCUT2D eigenvalue weighted by Gasteiger charge is -2.36. The maximum absolute atomic E-state index is 13.2. The van der Waals surface area contributed by atoms with Crippen LogP contribution >= 0.6 is 23.3 Å². The number of hydrogen-bond acceptors (Lipinski definition) is 5. The normalized spacial score (nSPS) is 32.6. The first-order chi connectivity index (χ1) is 10.0. The first-order valence-corrected chi connectivity index (χ1v) is 9.64. The average Bonchev–Trinajstić information content (AvgIpc) is 2.29. The van der Waals surface area contributed by atoms with Crippen LogP contribution < -0.4 is 0 Å². The average molecular weight is 421 g/mol. The smallest absolute Gasteiger partial charge is 0.300 e. The molecule has 23 heavy (non-hydrogen) atoms. The Kier molecular flexibility index (Phi) is 4.35. The number of rotatable bonds is 0. The summed E-state index contributed by atoms with van der Waals surface area (Å²) in [5.74, 6) is -17.1. The van der Waals surface area contributed by atoms with Crippen LogP contribution in [0.3, 0.4) is 0 Å². The summed E-state index contributed by atoms with van der Waals surface area (Å²) >= 11 is 0. The van der Waals surface area contributed by atoms with Crippen molar-refractivity contribution >= 4 is 23.3 Å². The van der Waals surface area contributed by atoms with Crippen molar-refractivity contribution in [1.82, 2.24) is 0 Å². The minimum Gasteiger partial charge on any atom is -0.300 e. The van der Waals surface area contributed by atoms with Crippen molar-refractivity contribution in [2.75, 3.05) is 13.2 Å². The summed E-state index contributed by atoms with van der Waals surface area (Å²) in [5.41, 5.74) is 0. The summed E-state index contributed by atoms with van der Waals surface area (Å²) in [7, 11) is -17.7. The molecule has 0 unspecified atom stereocenters. The van der Waals surface area contributed by atoms with E-state index in [0.29, 0.717) is 0 Å². The number of nitrogens with zero attached hydrogens (tertiary/aromatic N) is 3. The second-order valence-electron chi connectivity index (χ2n) is 4.20. The molecular formula is C5H4F10N3O2P3. The molecule has 0 radical (unpaired) electrons. The van der Waals surface area contributed by atoms with E-state index in [1.807, 2.05) is 0 Å². The van der Waals surface area contributed by atoms with Crippen molar-refractivity contribution in [1.29, 1.82) is 0 Å². The molecule has 5 nitrogen and oxygen atoms in total. The maximum Gasteiger partial charge on any atom is 0.425 e. The minimum atomic E-state index is -6.16. The predicted molar refractivity (Wildman–Crippen MR) is 59.2 cm³/mol. The van der Waals surface area contributed by atoms with E-state index in [1.54, 1.807) is 4.52 Å². The van der Waals surface area contributed by atoms with Crippen LogP contribution in [-0.2, 0) is 9.05 Å². The van der Waals surface area contributed by atoms with Gasteiger partial charge in [0.25, 0.3) is 0 Å². The molecule has 1 spiro atoms. The van der Waals surface area contributed by atoms with Gasteiger partial charge in [0.2, 0.25) is 0 Å². The molecule has 0 N–H and O–H groups in total. The highest BCUT2D eigenvalue weighted by atomic mass is 31.3. The van der Waals surface area contributed by atoms with Gasteiger partial charge in [0.05, 0.1) is 0 Å². The quantitative estimate of drug-likeness (QED) is 0.324. The van der Waals surface area contributed by atoms with E-state index in [0.717, 1.165) is 0 Å². The molecule has 2 aliphatic heterocycles. The zero-order valence-corrected chi connectivity index (χ0v) is 12.9. The lowest BCUT2D eigenvalue weighted by atomic mass is 10.1. The molecule has 2 aliphatic rings. The van der Waals surface area contributed by atoms with Crippen LogP contribution in [0.4, 0.5) is 43.1 Å². The number of alkyl halides is 6. The molecule has 0 atom stereocenters. The summed E-state index contributed by atoms with van der Waals surface area (Å²) < 4.78 is 145. The Morgan fingerprint density at radius 3 is 1.43 bits per heavy atom. The second kappa shape index (κ2) is 5.20. The van der Waals surface area contributed by atoms with E-state index < -0.39 is 54.3 Å². The van der Waals surface area contributed by atoms with Crippen LogP contribution in [0.1, 0.15) is 0 Å². The Hall–Kier alpha value is -0.0900. The topological polar surface area (TPSA) is 55.5 Å². The van der Waals surface area contributed by atoms with Gasteiger partial charge in [0, 0.05) is 0 Å². The molecule has 0 aliphatic carbocycles. The second-order valence-corrected chi connectivity index (χ2v) is 9.67. The van der Waals surface area contributed by atoms with Gasteiger partial charge in [-0.2, -0.15) is 26.3 Å². The Morgan fingerprint density at radius 2 is 1.04 bits per heavy atom. The van der Waals surface area contributed by atoms with E-state index >= 15 is 0 Å². The van der Waals surface area contributed by atoms with Gasteiger partial charge in [-0.05, 0) is 0 Å². The molecule has 0 amide bonds. The van der Waals surface area contributed by atoms with Crippen LogP contribution in [0.2, 0.25) is 0 Å². The van der Waals surface area contributed by atoms with Crippen molar-refractivity contribution in [3.8, 4) is 0 Å². The Bertz CT molecular complexity index is 646. The summed E-state index contributed by atoms with van der Waals surface area (Å²) in [6.07, 6.45) is 0. The van der Waals surface area contributed by atoms with Gasteiger partial charge in [-0.15, -0.1) is 30.3 Å². The third kappa shape index (κ3) is 3.49. The molecule has 0 aromatic rings. The van der Waals surface area contributed by atoms with Crippen molar-refractivity contribution in [3.63, 3.8) is 0 Å². The molecule has 18 heteroatoms. The van der Waals surface area contributed by atoms with Gasteiger partial charge in [-0.3, -0.25) is 9.05 Å². The Balaban J connectivity index is 2.57. The monoisotopic (exact) mass is 421 g/mol. The molecule has 1 fully saturated rings. The van der Waals surface area contributed by atoms with Crippen LogP contribution in [0.5, 0.6) is 0 Å². The van der Waals surface area contributed by atoms with E-state index in [2.05, 4.69) is 18.1 Å². The zero-order valence-electron chi connectivity index (χ0n) is 10.2. The maximum atomic E-state index is 13.2. The third-order valence-electron chi connectivity index (χ3n) is 2.40. The summed E-state index contributed by atoms with van der Waals surface area (Å²) in [6, 6.07) is 0. The first kappa shape index (κ1) is 19.2. The van der Waals surface area contributed by atoms with Gasteiger partial charge in [-0.25, -0.2) is 0 Å². The standard InChI is InChI=1S/C5H4F10N3O2P3/c6-3(7)1-19-23(20-2-4(8,9)5(3,10)11)17-21(12,13)16-22(14,15)18-23/h1-2H2. The molecule has 1 saturated heterocycles. The number of hydrogen-bond donors (Lipinski definition) is 0. The molecule has 0 aromatic carbocycles. The van der Waals surface area contributed by atoms with E-state index in [1.165, 1.54) is 0 Å². The van der Waals surface area contributed by atoms with E-state index in [9.17, 15) is 43.1 Å². The Morgan fingerprint density at radius 1 is 0.652 bits per heavy atom. The molecule has 0 aromatic heterocycles. The van der Waals surface area contributed by atoms with Gasteiger partial charge in [-0.1, -0.05) is 0 Å². The van der Waals surface area contributed by atoms with Gasteiger partial charge >= 0.3 is 41.1 Å². The first-order valence-electron chi connectivity index (χ1n) is 5.16. The van der Waals surface area contributed by atoms with Gasteiger partial charge in [0.1, 0.15) is 13.2 Å². The predicted octanol–water partition coefficient (Wildman–Crippen LogP) is 6.67. The van der Waals surface area contributed by atoms with Gasteiger partial charge in [0.15, 0.2) is 0 Å². The van der Waals surface area contributed by atoms with Gasteiger partial charge < -0.3 is 0 Å². The van der Waals surface area contributed by atoms with Crippen molar-refractivity contribution < 1.29 is 52.2 Å². The van der Waals surface area contributed by atoms with Crippen LogP contribution in [-0.4, -0.2) is 31.0 Å². The molecule has 2 rings (SSSR count). The summed E-state index contributed by atoms with van der Waals surface area (Å²) in [5, 5.41) is 0. The third-order valence-corrected chi connectivity index (χ3v) is 8.59. The van der Waals surface area contributed by atoms with E-state index in [4.69, 9.17) is 0 Å². The molecule has 0 saturated carbocycles. The highest BCUT2D eigenvalue weighted by Crippen LogP contribution is 2.82. The van der Waals surface area contributed by atoms with Crippen LogP contribution in [0.25, 0.3) is 0 Å². The van der Waals surface area contributed by atoms with Crippen molar-refractivity contribution in [2.24, 2.45) is 13.5 Å². The Labute approximate surface area is 121 Å².